The van der Waals surface area contributed by atoms with E-state index in [-0.39, 0.29) is 24.3 Å². The predicted molar refractivity (Wildman–Crippen MR) is 128 cm³/mol. The zero-order chi connectivity index (χ0) is 22.6. The summed E-state index contributed by atoms with van der Waals surface area (Å²) < 4.78 is 11.0. The first-order chi connectivity index (χ1) is 15.2. The highest BCUT2D eigenvalue weighted by Gasteiger charge is 2.28. The Bertz CT molecular complexity index is 443. The van der Waals surface area contributed by atoms with Gasteiger partial charge >= 0.3 is 11.9 Å². The van der Waals surface area contributed by atoms with Crippen molar-refractivity contribution in [3.8, 4) is 0 Å². The number of unbranched alkanes of at least 4 members (excludes halogenated alkanes) is 10. The second-order valence-electron chi connectivity index (χ2n) is 9.56. The zero-order valence-corrected chi connectivity index (χ0v) is 20.6. The fourth-order valence-electron chi connectivity index (χ4n) is 4.59. The lowest BCUT2D eigenvalue weighted by Crippen LogP contribution is -2.26. The average Bonchev–Trinajstić information content (AvgIpc) is 2.78. The van der Waals surface area contributed by atoms with Crippen molar-refractivity contribution in [3.63, 3.8) is 0 Å². The minimum atomic E-state index is -0.333. The van der Waals surface area contributed by atoms with Crippen LogP contribution in [0.3, 0.4) is 0 Å². The van der Waals surface area contributed by atoms with Gasteiger partial charge in [0.25, 0.3) is 0 Å². The van der Waals surface area contributed by atoms with Crippen LogP contribution < -0.4 is 0 Å². The van der Waals surface area contributed by atoms with E-state index in [4.69, 9.17) is 9.47 Å². The molecule has 4 nitrogen and oxygen atoms in total. The first kappa shape index (κ1) is 28.0. The number of carbonyl (C=O) groups excluding carboxylic acids is 2. The summed E-state index contributed by atoms with van der Waals surface area (Å²) >= 11 is 0. The van der Waals surface area contributed by atoms with E-state index in [0.29, 0.717) is 19.1 Å². The molecule has 1 fully saturated rings. The number of rotatable bonds is 19. The number of esters is 2. The van der Waals surface area contributed by atoms with Gasteiger partial charge in [-0.15, -0.1) is 0 Å². The highest BCUT2D eigenvalue weighted by molar-refractivity contribution is 5.80. The van der Waals surface area contributed by atoms with Crippen molar-refractivity contribution >= 4 is 11.9 Å². The molecule has 1 rings (SSSR count). The van der Waals surface area contributed by atoms with Crippen LogP contribution in [0.25, 0.3) is 0 Å². The van der Waals surface area contributed by atoms with Gasteiger partial charge in [0.05, 0.1) is 25.6 Å². The highest BCUT2D eigenvalue weighted by atomic mass is 16.5. The normalized spacial score (nSPS) is 15.5. The molecular weight excluding hydrogens is 388 g/mol. The number of hydrogen-bond donors (Lipinski definition) is 0. The molecule has 31 heavy (non-hydrogen) atoms. The van der Waals surface area contributed by atoms with Crippen LogP contribution in [0.4, 0.5) is 0 Å². The third-order valence-corrected chi connectivity index (χ3v) is 6.59. The average molecular weight is 439 g/mol. The second-order valence-corrected chi connectivity index (χ2v) is 9.56. The molecule has 1 aliphatic rings. The van der Waals surface area contributed by atoms with Crippen molar-refractivity contribution in [3.05, 3.63) is 0 Å². The van der Waals surface area contributed by atoms with Crippen LogP contribution in [-0.2, 0) is 19.1 Å². The summed E-state index contributed by atoms with van der Waals surface area (Å²) in [6.45, 7) is 5.39. The van der Waals surface area contributed by atoms with Gasteiger partial charge in [-0.3, -0.25) is 9.59 Å². The zero-order valence-electron chi connectivity index (χ0n) is 20.6. The maximum atomic E-state index is 12.7. The van der Waals surface area contributed by atoms with Crippen LogP contribution in [0, 0.1) is 11.8 Å². The fourth-order valence-corrected chi connectivity index (χ4v) is 4.59. The summed E-state index contributed by atoms with van der Waals surface area (Å²) in [5, 5.41) is 0. The van der Waals surface area contributed by atoms with E-state index in [0.717, 1.165) is 32.1 Å². The molecule has 0 N–H and O–H groups in total. The fraction of sp³-hybridized carbons (Fsp3) is 0.926. The first-order valence-electron chi connectivity index (χ1n) is 13.5. The molecule has 0 heterocycles. The largest absolute Gasteiger partial charge is 0.466 e. The maximum absolute atomic E-state index is 12.7. The molecule has 0 aliphatic heterocycles. The van der Waals surface area contributed by atoms with E-state index in [1.807, 2.05) is 0 Å². The van der Waals surface area contributed by atoms with Crippen molar-refractivity contribution in [2.75, 3.05) is 13.2 Å². The molecule has 0 aromatic rings. The molecule has 1 atom stereocenters. The van der Waals surface area contributed by atoms with Gasteiger partial charge in [0.15, 0.2) is 0 Å². The predicted octanol–water partition coefficient (Wildman–Crippen LogP) is 7.77. The molecule has 1 saturated carbocycles. The van der Waals surface area contributed by atoms with E-state index in [1.165, 1.54) is 83.5 Å². The molecule has 0 bridgehead atoms. The summed E-state index contributed by atoms with van der Waals surface area (Å²) in [4.78, 5) is 25.1. The molecule has 0 radical (unpaired) electrons. The van der Waals surface area contributed by atoms with E-state index in [9.17, 15) is 9.59 Å². The molecule has 1 unspecified atom stereocenters. The highest BCUT2D eigenvalue weighted by Crippen LogP contribution is 2.31. The van der Waals surface area contributed by atoms with Crippen molar-refractivity contribution in [2.45, 2.75) is 136 Å². The van der Waals surface area contributed by atoms with Gasteiger partial charge in [0, 0.05) is 0 Å². The Morgan fingerprint density at radius 3 is 1.81 bits per heavy atom. The monoisotopic (exact) mass is 438 g/mol. The SMILES string of the molecule is CCCCCCCCOC(=O)CC(CC1CCCCC1)C(=O)OCCCCCCCC. The first-order valence-corrected chi connectivity index (χ1v) is 13.5. The third kappa shape index (κ3) is 15.4. The smallest absolute Gasteiger partial charge is 0.309 e. The second kappa shape index (κ2) is 19.6. The molecule has 0 saturated heterocycles. The Morgan fingerprint density at radius 1 is 0.710 bits per heavy atom. The third-order valence-electron chi connectivity index (χ3n) is 6.59. The van der Waals surface area contributed by atoms with E-state index in [1.54, 1.807) is 0 Å². The Labute approximate surface area is 192 Å². The van der Waals surface area contributed by atoms with E-state index in [2.05, 4.69) is 13.8 Å². The summed E-state index contributed by atoms with van der Waals surface area (Å²) in [6.07, 6.45) is 21.2. The van der Waals surface area contributed by atoms with Crippen LogP contribution in [0.2, 0.25) is 0 Å². The Hall–Kier alpha value is -1.06. The quantitative estimate of drug-likeness (QED) is 0.153. The lowest BCUT2D eigenvalue weighted by molar-refractivity contribution is -0.156. The standard InChI is InChI=1S/C27H50O4/c1-3-5-7-9-11-16-20-30-26(28)23-25(22-24-18-14-13-15-19-24)27(29)31-21-17-12-10-8-6-4-2/h24-25H,3-23H2,1-2H3. The minimum absolute atomic E-state index is 0.182. The maximum Gasteiger partial charge on any atom is 0.309 e. The van der Waals surface area contributed by atoms with Gasteiger partial charge in [-0.1, -0.05) is 110 Å². The van der Waals surface area contributed by atoms with Crippen LogP contribution in [0.1, 0.15) is 136 Å². The van der Waals surface area contributed by atoms with Crippen molar-refractivity contribution < 1.29 is 19.1 Å². The molecule has 182 valence electrons. The van der Waals surface area contributed by atoms with Gasteiger partial charge in [0.1, 0.15) is 0 Å². The molecule has 1 aliphatic carbocycles. The molecule has 0 amide bonds. The number of carbonyl (C=O) groups is 2. The van der Waals surface area contributed by atoms with Gasteiger partial charge in [-0.05, 0) is 25.2 Å². The molecular formula is C27H50O4. The lowest BCUT2D eigenvalue weighted by atomic mass is 9.82. The van der Waals surface area contributed by atoms with Gasteiger partial charge in [0.2, 0.25) is 0 Å². The van der Waals surface area contributed by atoms with Gasteiger partial charge in [-0.25, -0.2) is 0 Å². The van der Waals surface area contributed by atoms with Crippen molar-refractivity contribution in [1.82, 2.24) is 0 Å². The van der Waals surface area contributed by atoms with Crippen LogP contribution in [-0.4, -0.2) is 25.2 Å². The molecule has 4 heteroatoms. The van der Waals surface area contributed by atoms with Crippen LogP contribution >= 0.6 is 0 Å². The van der Waals surface area contributed by atoms with Crippen molar-refractivity contribution in [1.29, 1.82) is 0 Å². The Kier molecular flexibility index (Phi) is 17.7. The summed E-state index contributed by atoms with van der Waals surface area (Å²) in [5.41, 5.74) is 0. The summed E-state index contributed by atoms with van der Waals surface area (Å²) in [5.74, 6) is -0.200. The Balaban J connectivity index is 2.33. The Morgan fingerprint density at radius 2 is 1.23 bits per heavy atom. The minimum Gasteiger partial charge on any atom is -0.466 e. The van der Waals surface area contributed by atoms with Gasteiger partial charge in [-0.2, -0.15) is 0 Å². The van der Waals surface area contributed by atoms with Crippen LogP contribution in [0.5, 0.6) is 0 Å². The van der Waals surface area contributed by atoms with Gasteiger partial charge < -0.3 is 9.47 Å². The number of hydrogen-bond acceptors (Lipinski definition) is 4. The molecule has 0 aromatic carbocycles. The van der Waals surface area contributed by atoms with E-state index < -0.39 is 0 Å². The lowest BCUT2D eigenvalue weighted by Gasteiger charge is -2.25. The summed E-state index contributed by atoms with van der Waals surface area (Å²) in [6, 6.07) is 0. The van der Waals surface area contributed by atoms with E-state index >= 15 is 0 Å². The summed E-state index contributed by atoms with van der Waals surface area (Å²) in [7, 11) is 0. The molecule has 0 spiro atoms. The molecule has 0 aromatic heterocycles. The number of ether oxygens (including phenoxy) is 2. The van der Waals surface area contributed by atoms with Crippen molar-refractivity contribution in [2.24, 2.45) is 11.8 Å². The topological polar surface area (TPSA) is 52.6 Å². The van der Waals surface area contributed by atoms with Crippen LogP contribution in [0.15, 0.2) is 0 Å².